The normalized spacial score (nSPS) is 11.5. The van der Waals surface area contributed by atoms with E-state index < -0.39 is 6.10 Å². The Morgan fingerprint density at radius 1 is 0.971 bits per heavy atom. The van der Waals surface area contributed by atoms with E-state index >= 15 is 0 Å². The molecule has 8 heteroatoms. The number of methoxy groups -OCH3 is 2. The van der Waals surface area contributed by atoms with Gasteiger partial charge in [0.05, 0.1) is 30.6 Å². The van der Waals surface area contributed by atoms with E-state index in [4.69, 9.17) is 30.9 Å². The van der Waals surface area contributed by atoms with Gasteiger partial charge in [0.15, 0.2) is 17.6 Å². The van der Waals surface area contributed by atoms with Crippen LogP contribution >= 0.6 is 11.6 Å². The summed E-state index contributed by atoms with van der Waals surface area (Å²) in [6.45, 7) is 1.95. The van der Waals surface area contributed by atoms with E-state index in [-0.39, 0.29) is 12.5 Å². The standard InChI is InChI=1S/C27H26ClN3O4/c1-18(35-25-12-8-7-11-24(25)34-3)27(32)29-16-20-17-31(21-9-5-4-6-10-21)30-26(20)19-13-14-23(33-2)22(28)15-19/h4-15,17-18H,16H2,1-3H3,(H,29,32). The number of carbonyl (C=O) groups is 1. The molecule has 0 radical (unpaired) electrons. The second-order valence-electron chi connectivity index (χ2n) is 7.76. The Kier molecular flexibility index (Phi) is 7.57. The third-order valence-electron chi connectivity index (χ3n) is 5.43. The Hall–Kier alpha value is -3.97. The highest BCUT2D eigenvalue weighted by molar-refractivity contribution is 6.32. The molecule has 0 saturated carbocycles. The Morgan fingerprint density at radius 3 is 2.34 bits per heavy atom. The van der Waals surface area contributed by atoms with E-state index in [1.807, 2.05) is 54.7 Å². The topological polar surface area (TPSA) is 74.6 Å². The van der Waals surface area contributed by atoms with Gasteiger partial charge in [-0.2, -0.15) is 5.10 Å². The van der Waals surface area contributed by atoms with Crippen molar-refractivity contribution in [3.05, 3.63) is 89.6 Å². The highest BCUT2D eigenvalue weighted by Gasteiger charge is 2.19. The molecule has 0 aliphatic carbocycles. The first-order valence-corrected chi connectivity index (χ1v) is 11.4. The molecule has 1 aromatic heterocycles. The fraction of sp³-hybridized carbons (Fsp3) is 0.185. The number of para-hydroxylation sites is 3. The second-order valence-corrected chi connectivity index (χ2v) is 8.17. The Balaban J connectivity index is 1.56. The van der Waals surface area contributed by atoms with Gasteiger partial charge in [0, 0.05) is 23.9 Å². The van der Waals surface area contributed by atoms with Gasteiger partial charge in [-0.15, -0.1) is 0 Å². The quantitative estimate of drug-likeness (QED) is 0.344. The van der Waals surface area contributed by atoms with Gasteiger partial charge < -0.3 is 19.5 Å². The number of hydrogen-bond acceptors (Lipinski definition) is 5. The number of hydrogen-bond donors (Lipinski definition) is 1. The van der Waals surface area contributed by atoms with E-state index in [0.29, 0.717) is 28.0 Å². The van der Waals surface area contributed by atoms with Crippen LogP contribution in [0.1, 0.15) is 12.5 Å². The average Bonchev–Trinajstić information content (AvgIpc) is 3.32. The van der Waals surface area contributed by atoms with Crippen molar-refractivity contribution in [3.63, 3.8) is 0 Å². The lowest BCUT2D eigenvalue weighted by Crippen LogP contribution is -2.36. The summed E-state index contributed by atoms with van der Waals surface area (Å²) in [5, 5.41) is 8.21. The molecular formula is C27H26ClN3O4. The van der Waals surface area contributed by atoms with Gasteiger partial charge in [-0.05, 0) is 49.4 Å². The van der Waals surface area contributed by atoms with Gasteiger partial charge in [0.25, 0.3) is 5.91 Å². The van der Waals surface area contributed by atoms with E-state index in [9.17, 15) is 4.79 Å². The van der Waals surface area contributed by atoms with Crippen LogP contribution in [-0.4, -0.2) is 36.0 Å². The number of nitrogens with zero attached hydrogens (tertiary/aromatic N) is 2. The number of benzene rings is 3. The molecule has 4 aromatic rings. The summed E-state index contributed by atoms with van der Waals surface area (Å²) in [5.41, 5.74) is 3.25. The van der Waals surface area contributed by atoms with Crippen molar-refractivity contribution in [2.24, 2.45) is 0 Å². The first-order chi connectivity index (χ1) is 17.0. The Morgan fingerprint density at radius 2 is 1.66 bits per heavy atom. The zero-order chi connectivity index (χ0) is 24.8. The minimum atomic E-state index is -0.727. The summed E-state index contributed by atoms with van der Waals surface area (Å²) in [4.78, 5) is 12.8. The van der Waals surface area contributed by atoms with E-state index in [0.717, 1.165) is 16.8 Å². The van der Waals surface area contributed by atoms with Crippen molar-refractivity contribution in [1.29, 1.82) is 0 Å². The Labute approximate surface area is 209 Å². The van der Waals surface area contributed by atoms with Crippen molar-refractivity contribution < 1.29 is 19.0 Å². The van der Waals surface area contributed by atoms with Crippen molar-refractivity contribution in [1.82, 2.24) is 15.1 Å². The molecule has 1 heterocycles. The lowest BCUT2D eigenvalue weighted by atomic mass is 10.1. The van der Waals surface area contributed by atoms with Gasteiger partial charge in [-0.3, -0.25) is 4.79 Å². The predicted molar refractivity (Wildman–Crippen MR) is 135 cm³/mol. The highest BCUT2D eigenvalue weighted by atomic mass is 35.5. The zero-order valence-electron chi connectivity index (χ0n) is 19.7. The van der Waals surface area contributed by atoms with Crippen LogP contribution in [0.25, 0.3) is 16.9 Å². The maximum atomic E-state index is 12.8. The summed E-state index contributed by atoms with van der Waals surface area (Å²) >= 11 is 6.37. The minimum absolute atomic E-state index is 0.254. The summed E-state index contributed by atoms with van der Waals surface area (Å²) in [5.74, 6) is 1.38. The second kappa shape index (κ2) is 11.0. The summed E-state index contributed by atoms with van der Waals surface area (Å²) < 4.78 is 18.2. The van der Waals surface area contributed by atoms with Crippen LogP contribution in [0.2, 0.25) is 5.02 Å². The fourth-order valence-electron chi connectivity index (χ4n) is 3.59. The predicted octanol–water partition coefficient (Wildman–Crippen LogP) is 5.29. The van der Waals surface area contributed by atoms with Crippen LogP contribution in [0, 0.1) is 0 Å². The Bertz CT molecular complexity index is 1310. The number of amides is 1. The lowest BCUT2D eigenvalue weighted by Gasteiger charge is -2.16. The average molecular weight is 492 g/mol. The maximum Gasteiger partial charge on any atom is 0.261 e. The minimum Gasteiger partial charge on any atom is -0.495 e. The molecule has 1 amide bonds. The molecular weight excluding hydrogens is 466 g/mol. The molecule has 3 aromatic carbocycles. The van der Waals surface area contributed by atoms with Crippen molar-refractivity contribution in [2.45, 2.75) is 19.6 Å². The van der Waals surface area contributed by atoms with Crippen LogP contribution in [0.3, 0.4) is 0 Å². The number of nitrogens with one attached hydrogen (secondary N) is 1. The molecule has 0 bridgehead atoms. The molecule has 1 unspecified atom stereocenters. The number of halogens is 1. The maximum absolute atomic E-state index is 12.8. The zero-order valence-corrected chi connectivity index (χ0v) is 20.5. The van der Waals surface area contributed by atoms with Crippen molar-refractivity contribution >= 4 is 17.5 Å². The molecule has 180 valence electrons. The van der Waals surface area contributed by atoms with Crippen LogP contribution in [0.15, 0.2) is 79.0 Å². The fourth-order valence-corrected chi connectivity index (χ4v) is 3.85. The highest BCUT2D eigenvalue weighted by Crippen LogP contribution is 2.32. The van der Waals surface area contributed by atoms with Gasteiger partial charge in [-0.1, -0.05) is 41.9 Å². The van der Waals surface area contributed by atoms with Gasteiger partial charge in [0.2, 0.25) is 0 Å². The molecule has 1 atom stereocenters. The molecule has 7 nitrogen and oxygen atoms in total. The molecule has 0 saturated heterocycles. The van der Waals surface area contributed by atoms with Gasteiger partial charge in [0.1, 0.15) is 5.75 Å². The summed E-state index contributed by atoms with van der Waals surface area (Å²) in [6.07, 6.45) is 1.17. The largest absolute Gasteiger partial charge is 0.495 e. The SMILES string of the molecule is COc1ccc(-c2nn(-c3ccccc3)cc2CNC(=O)C(C)Oc2ccccc2OC)cc1Cl. The summed E-state index contributed by atoms with van der Waals surface area (Å²) in [7, 11) is 3.13. The first-order valence-electron chi connectivity index (χ1n) is 11.1. The number of ether oxygens (including phenoxy) is 3. The molecule has 4 rings (SSSR count). The van der Waals surface area contributed by atoms with E-state index in [2.05, 4.69) is 5.32 Å². The number of carbonyl (C=O) groups excluding carboxylic acids is 1. The van der Waals surface area contributed by atoms with Crippen LogP contribution in [-0.2, 0) is 11.3 Å². The third kappa shape index (κ3) is 5.58. The molecule has 0 aliphatic rings. The third-order valence-corrected chi connectivity index (χ3v) is 5.73. The van der Waals surface area contributed by atoms with E-state index in [1.54, 1.807) is 50.1 Å². The summed E-state index contributed by atoms with van der Waals surface area (Å²) in [6, 6.07) is 22.5. The monoisotopic (exact) mass is 491 g/mol. The van der Waals surface area contributed by atoms with Crippen LogP contribution in [0.5, 0.6) is 17.2 Å². The smallest absolute Gasteiger partial charge is 0.261 e. The van der Waals surface area contributed by atoms with Gasteiger partial charge in [-0.25, -0.2) is 4.68 Å². The number of rotatable bonds is 9. The van der Waals surface area contributed by atoms with E-state index in [1.165, 1.54) is 0 Å². The van der Waals surface area contributed by atoms with Crippen molar-refractivity contribution in [3.8, 4) is 34.2 Å². The molecule has 0 spiro atoms. The lowest BCUT2D eigenvalue weighted by molar-refractivity contribution is -0.127. The molecule has 0 fully saturated rings. The molecule has 1 N–H and O–H groups in total. The van der Waals surface area contributed by atoms with Crippen LogP contribution < -0.4 is 19.5 Å². The van der Waals surface area contributed by atoms with Crippen molar-refractivity contribution in [2.75, 3.05) is 14.2 Å². The van der Waals surface area contributed by atoms with Crippen LogP contribution in [0.4, 0.5) is 0 Å². The van der Waals surface area contributed by atoms with Gasteiger partial charge >= 0.3 is 0 Å². The number of aromatic nitrogens is 2. The molecule has 35 heavy (non-hydrogen) atoms. The molecule has 0 aliphatic heterocycles. The first kappa shape index (κ1) is 24.2.